The fourth-order valence-corrected chi connectivity index (χ4v) is 1.98. The Morgan fingerprint density at radius 1 is 1.37 bits per heavy atom. The lowest BCUT2D eigenvalue weighted by molar-refractivity contribution is 0.106. The molecule has 0 radical (unpaired) electrons. The smallest absolute Gasteiger partial charge is 0.121 e. The van der Waals surface area contributed by atoms with Crippen molar-refractivity contribution in [3.8, 4) is 5.75 Å². The van der Waals surface area contributed by atoms with Gasteiger partial charge in [0.05, 0.1) is 5.52 Å². The Kier molecular flexibility index (Phi) is 3.62. The third kappa shape index (κ3) is 3.43. The van der Waals surface area contributed by atoms with Crippen LogP contribution in [0.15, 0.2) is 36.5 Å². The van der Waals surface area contributed by atoms with E-state index in [1.807, 2.05) is 30.3 Å². The van der Waals surface area contributed by atoms with E-state index in [0.29, 0.717) is 19.2 Å². The molecule has 2 N–H and O–H groups in total. The van der Waals surface area contributed by atoms with Gasteiger partial charge in [0.15, 0.2) is 0 Å². The lowest BCUT2D eigenvalue weighted by atomic mass is 10.2. The second-order valence-corrected chi connectivity index (χ2v) is 5.01. The monoisotopic (exact) mass is 258 g/mol. The standard InChI is InChI=1S/C15H18N2O2/c18-13(9-17-12-4-5-12)10-19-14-6-3-11-2-1-7-16-15(11)8-14/h1-3,6-8,12-13,17-18H,4-5,9-10H2. The van der Waals surface area contributed by atoms with E-state index in [1.54, 1.807) is 6.20 Å². The highest BCUT2D eigenvalue weighted by molar-refractivity contribution is 5.79. The van der Waals surface area contributed by atoms with Crippen molar-refractivity contribution in [1.29, 1.82) is 0 Å². The minimum absolute atomic E-state index is 0.304. The van der Waals surface area contributed by atoms with Gasteiger partial charge < -0.3 is 15.2 Å². The topological polar surface area (TPSA) is 54.4 Å². The molecule has 1 heterocycles. The van der Waals surface area contributed by atoms with Crippen LogP contribution >= 0.6 is 0 Å². The fourth-order valence-electron chi connectivity index (χ4n) is 1.98. The Bertz CT molecular complexity index is 555. The molecule has 100 valence electrons. The van der Waals surface area contributed by atoms with Crippen molar-refractivity contribution in [2.75, 3.05) is 13.2 Å². The summed E-state index contributed by atoms with van der Waals surface area (Å²) in [5, 5.41) is 14.2. The van der Waals surface area contributed by atoms with Crippen molar-refractivity contribution in [2.24, 2.45) is 0 Å². The van der Waals surface area contributed by atoms with Gasteiger partial charge in [0.2, 0.25) is 0 Å². The summed E-state index contributed by atoms with van der Waals surface area (Å²) in [4.78, 5) is 4.28. The van der Waals surface area contributed by atoms with E-state index in [4.69, 9.17) is 4.74 Å². The van der Waals surface area contributed by atoms with Crippen molar-refractivity contribution < 1.29 is 9.84 Å². The zero-order chi connectivity index (χ0) is 13.1. The lowest BCUT2D eigenvalue weighted by Crippen LogP contribution is -2.32. The first-order chi connectivity index (χ1) is 9.31. The third-order valence-corrected chi connectivity index (χ3v) is 3.24. The summed E-state index contributed by atoms with van der Waals surface area (Å²) >= 11 is 0. The summed E-state index contributed by atoms with van der Waals surface area (Å²) in [5.41, 5.74) is 0.908. The van der Waals surface area contributed by atoms with E-state index in [2.05, 4.69) is 10.3 Å². The predicted octanol–water partition coefficient (Wildman–Crippen LogP) is 1.73. The van der Waals surface area contributed by atoms with Crippen molar-refractivity contribution >= 4 is 10.9 Å². The Labute approximate surface area is 112 Å². The van der Waals surface area contributed by atoms with Crippen LogP contribution in [0.5, 0.6) is 5.75 Å². The van der Waals surface area contributed by atoms with E-state index < -0.39 is 6.10 Å². The van der Waals surface area contributed by atoms with Gasteiger partial charge in [-0.15, -0.1) is 0 Å². The van der Waals surface area contributed by atoms with E-state index in [-0.39, 0.29) is 0 Å². The lowest BCUT2D eigenvalue weighted by Gasteiger charge is -2.13. The number of hydrogen-bond acceptors (Lipinski definition) is 4. The SMILES string of the molecule is OC(CNC1CC1)COc1ccc2cccnc2c1. The van der Waals surface area contributed by atoms with Gasteiger partial charge in [-0.05, 0) is 31.0 Å². The fraction of sp³-hybridized carbons (Fsp3) is 0.400. The molecule has 3 rings (SSSR count). The maximum atomic E-state index is 9.80. The number of aromatic nitrogens is 1. The highest BCUT2D eigenvalue weighted by Crippen LogP contribution is 2.19. The summed E-state index contributed by atoms with van der Waals surface area (Å²) in [5.74, 6) is 0.747. The summed E-state index contributed by atoms with van der Waals surface area (Å²) in [7, 11) is 0. The van der Waals surface area contributed by atoms with Gasteiger partial charge in [-0.2, -0.15) is 0 Å². The van der Waals surface area contributed by atoms with Crippen LogP contribution in [0.3, 0.4) is 0 Å². The number of nitrogens with zero attached hydrogens (tertiary/aromatic N) is 1. The van der Waals surface area contributed by atoms with Crippen molar-refractivity contribution in [3.63, 3.8) is 0 Å². The van der Waals surface area contributed by atoms with Crippen LogP contribution in [0.1, 0.15) is 12.8 Å². The zero-order valence-corrected chi connectivity index (χ0v) is 10.7. The summed E-state index contributed by atoms with van der Waals surface area (Å²) in [6.45, 7) is 0.897. The number of rotatable bonds is 6. The van der Waals surface area contributed by atoms with Gasteiger partial charge in [0.25, 0.3) is 0 Å². The predicted molar refractivity (Wildman–Crippen MR) is 74.3 cm³/mol. The molecule has 1 unspecified atom stereocenters. The number of fused-ring (bicyclic) bond motifs is 1. The maximum absolute atomic E-state index is 9.80. The minimum Gasteiger partial charge on any atom is -0.491 e. The number of hydrogen-bond donors (Lipinski definition) is 2. The first-order valence-electron chi connectivity index (χ1n) is 6.70. The maximum Gasteiger partial charge on any atom is 0.121 e. The van der Waals surface area contributed by atoms with E-state index >= 15 is 0 Å². The molecule has 4 heteroatoms. The average molecular weight is 258 g/mol. The highest BCUT2D eigenvalue weighted by Gasteiger charge is 2.21. The van der Waals surface area contributed by atoms with Crippen molar-refractivity contribution in [3.05, 3.63) is 36.5 Å². The molecule has 0 aliphatic heterocycles. The highest BCUT2D eigenvalue weighted by atomic mass is 16.5. The van der Waals surface area contributed by atoms with E-state index in [1.165, 1.54) is 12.8 Å². The molecular formula is C15H18N2O2. The van der Waals surface area contributed by atoms with Gasteiger partial charge in [0.1, 0.15) is 18.5 Å². The first-order valence-corrected chi connectivity index (χ1v) is 6.70. The van der Waals surface area contributed by atoms with Crippen molar-refractivity contribution in [2.45, 2.75) is 25.0 Å². The van der Waals surface area contributed by atoms with Crippen LogP contribution in [0.4, 0.5) is 0 Å². The third-order valence-electron chi connectivity index (χ3n) is 3.24. The quantitative estimate of drug-likeness (QED) is 0.828. The van der Waals surface area contributed by atoms with Crippen LogP contribution in [0.2, 0.25) is 0 Å². The van der Waals surface area contributed by atoms with Crippen LogP contribution < -0.4 is 10.1 Å². The Morgan fingerprint density at radius 3 is 3.11 bits per heavy atom. The second-order valence-electron chi connectivity index (χ2n) is 5.01. The van der Waals surface area contributed by atoms with Gasteiger partial charge in [-0.25, -0.2) is 0 Å². The molecule has 0 bridgehead atoms. The van der Waals surface area contributed by atoms with Gasteiger partial charge >= 0.3 is 0 Å². The number of ether oxygens (including phenoxy) is 1. The Balaban J connectivity index is 1.55. The van der Waals surface area contributed by atoms with E-state index in [0.717, 1.165) is 16.7 Å². The summed E-state index contributed by atoms with van der Waals surface area (Å²) in [6.07, 6.45) is 3.74. The summed E-state index contributed by atoms with van der Waals surface area (Å²) < 4.78 is 5.60. The number of benzene rings is 1. The largest absolute Gasteiger partial charge is 0.491 e. The molecule has 1 atom stereocenters. The minimum atomic E-state index is -0.472. The average Bonchev–Trinajstić information content (AvgIpc) is 3.27. The first kappa shape index (κ1) is 12.4. The molecule has 0 amide bonds. The molecule has 1 fully saturated rings. The number of aliphatic hydroxyl groups excluding tert-OH is 1. The Hall–Kier alpha value is -1.65. The van der Waals surface area contributed by atoms with Gasteiger partial charge in [0, 0.05) is 30.2 Å². The van der Waals surface area contributed by atoms with Gasteiger partial charge in [-0.3, -0.25) is 4.98 Å². The molecule has 1 aromatic heterocycles. The molecule has 0 spiro atoms. The van der Waals surface area contributed by atoms with E-state index in [9.17, 15) is 5.11 Å². The molecule has 4 nitrogen and oxygen atoms in total. The summed E-state index contributed by atoms with van der Waals surface area (Å²) in [6, 6.07) is 10.3. The molecule has 19 heavy (non-hydrogen) atoms. The second kappa shape index (κ2) is 5.55. The number of nitrogens with one attached hydrogen (secondary N) is 1. The van der Waals surface area contributed by atoms with Gasteiger partial charge in [-0.1, -0.05) is 6.07 Å². The molecule has 1 aliphatic carbocycles. The molecular weight excluding hydrogens is 240 g/mol. The van der Waals surface area contributed by atoms with Crippen LogP contribution in [0, 0.1) is 0 Å². The number of aliphatic hydroxyl groups is 1. The van der Waals surface area contributed by atoms with Crippen LogP contribution in [0.25, 0.3) is 10.9 Å². The molecule has 0 saturated heterocycles. The molecule has 1 aliphatic rings. The van der Waals surface area contributed by atoms with Crippen LogP contribution in [-0.4, -0.2) is 35.4 Å². The van der Waals surface area contributed by atoms with Crippen LogP contribution in [-0.2, 0) is 0 Å². The zero-order valence-electron chi connectivity index (χ0n) is 10.7. The van der Waals surface area contributed by atoms with Crippen molar-refractivity contribution in [1.82, 2.24) is 10.3 Å². The molecule has 1 aromatic carbocycles. The molecule has 1 saturated carbocycles. The Morgan fingerprint density at radius 2 is 2.26 bits per heavy atom. The normalized spacial score (nSPS) is 16.5. The number of pyridine rings is 1. The molecule has 2 aromatic rings.